The van der Waals surface area contributed by atoms with Gasteiger partial charge in [0.1, 0.15) is 0 Å². The molecule has 1 aromatic carbocycles. The summed E-state index contributed by atoms with van der Waals surface area (Å²) in [6, 6.07) is 7.81. The number of nitrogens with zero attached hydrogens (tertiary/aromatic N) is 1. The third-order valence-electron chi connectivity index (χ3n) is 4.59. The minimum absolute atomic E-state index is 0.221. The molecule has 0 radical (unpaired) electrons. The molecule has 0 saturated heterocycles. The van der Waals surface area contributed by atoms with Crippen LogP contribution in [-0.4, -0.2) is 24.2 Å². The van der Waals surface area contributed by atoms with E-state index in [2.05, 4.69) is 6.92 Å². The number of para-hydroxylation sites is 1. The van der Waals surface area contributed by atoms with Gasteiger partial charge in [0.05, 0.1) is 29.8 Å². The molecule has 0 aliphatic carbocycles. The largest absolute Gasteiger partial charge is 0.465 e. The fourth-order valence-electron chi connectivity index (χ4n) is 3.36. The van der Waals surface area contributed by atoms with Crippen LogP contribution in [-0.2, 0) is 11.2 Å². The number of esters is 1. The third kappa shape index (κ3) is 3.92. The molecule has 2 aromatic heterocycles. The van der Waals surface area contributed by atoms with Crippen LogP contribution in [0.3, 0.4) is 0 Å². The molecule has 0 fully saturated rings. The minimum atomic E-state index is -0.423. The number of rotatable bonds is 9. The predicted octanol–water partition coefficient (Wildman–Crippen LogP) is 5.68. The highest BCUT2D eigenvalue weighted by atomic mass is 16.6. The summed E-state index contributed by atoms with van der Waals surface area (Å²) in [5.41, 5.74) is 2.72. The Kier molecular flexibility index (Phi) is 6.32. The molecule has 0 spiro atoms. The van der Waals surface area contributed by atoms with E-state index in [0.717, 1.165) is 41.2 Å². The van der Waals surface area contributed by atoms with Crippen molar-refractivity contribution in [2.24, 2.45) is 0 Å². The number of ether oxygens (including phenoxy) is 2. The van der Waals surface area contributed by atoms with Gasteiger partial charge in [0.25, 0.3) is 0 Å². The summed E-state index contributed by atoms with van der Waals surface area (Å²) < 4.78 is 16.9. The zero-order chi connectivity index (χ0) is 19.2. The molecule has 27 heavy (non-hydrogen) atoms. The van der Waals surface area contributed by atoms with E-state index in [-0.39, 0.29) is 5.95 Å². The van der Waals surface area contributed by atoms with Gasteiger partial charge in [-0.3, -0.25) is 0 Å². The molecule has 0 N–H and O–H groups in total. The van der Waals surface area contributed by atoms with Crippen molar-refractivity contribution in [2.75, 3.05) is 13.2 Å². The van der Waals surface area contributed by atoms with Crippen LogP contribution in [0.25, 0.3) is 21.9 Å². The van der Waals surface area contributed by atoms with Crippen molar-refractivity contribution in [2.45, 2.75) is 52.9 Å². The highest BCUT2D eigenvalue weighted by Crippen LogP contribution is 2.38. The van der Waals surface area contributed by atoms with Crippen LogP contribution >= 0.6 is 0 Å². The molecule has 3 rings (SSSR count). The van der Waals surface area contributed by atoms with E-state index in [4.69, 9.17) is 18.9 Å². The van der Waals surface area contributed by atoms with Gasteiger partial charge in [-0.1, -0.05) is 44.4 Å². The number of hydrogen-bond acceptors (Lipinski definition) is 5. The highest BCUT2D eigenvalue weighted by molar-refractivity contribution is 6.16. The van der Waals surface area contributed by atoms with Gasteiger partial charge in [-0.2, -0.15) is 0 Å². The maximum Gasteiger partial charge on any atom is 0.346 e. The van der Waals surface area contributed by atoms with Crippen LogP contribution in [0.1, 0.15) is 62.5 Å². The number of fused-ring (bicyclic) bond motifs is 3. The van der Waals surface area contributed by atoms with Crippen molar-refractivity contribution in [3.05, 3.63) is 35.5 Å². The lowest BCUT2D eigenvalue weighted by atomic mass is 10.0. The summed E-state index contributed by atoms with van der Waals surface area (Å²) in [4.78, 5) is 17.5. The molecule has 0 saturated carbocycles. The number of carbonyl (C=O) groups excluding carboxylic acids is 1. The van der Waals surface area contributed by atoms with E-state index in [1.165, 1.54) is 12.8 Å². The van der Waals surface area contributed by atoms with Crippen molar-refractivity contribution in [1.29, 1.82) is 0 Å². The first kappa shape index (κ1) is 19.2. The van der Waals surface area contributed by atoms with Gasteiger partial charge in [0.15, 0.2) is 11.1 Å². The Morgan fingerprint density at radius 3 is 2.63 bits per heavy atom. The number of furan rings is 1. The molecular weight excluding hydrogens is 342 g/mol. The summed E-state index contributed by atoms with van der Waals surface area (Å²) in [5.74, 6) is -0.202. The van der Waals surface area contributed by atoms with Crippen LogP contribution in [0.5, 0.6) is 5.95 Å². The zero-order valence-corrected chi connectivity index (χ0v) is 16.3. The van der Waals surface area contributed by atoms with Crippen molar-refractivity contribution in [1.82, 2.24) is 4.98 Å². The molecule has 0 amide bonds. The standard InChI is InChI=1S/C22H27NO4/c1-4-7-8-9-14-17-20-18(15-12-10-11-13-16(15)23-17)19(21(24)25-5-2)22(27-20)26-6-3/h10-13H,4-9,14H2,1-3H3. The lowest BCUT2D eigenvalue weighted by molar-refractivity contribution is 0.0521. The molecule has 3 aromatic rings. The molecular formula is C22H27NO4. The molecule has 0 unspecified atom stereocenters. The molecule has 0 aliphatic rings. The Hall–Kier alpha value is -2.56. The summed E-state index contributed by atoms with van der Waals surface area (Å²) in [6.07, 6.45) is 5.38. The van der Waals surface area contributed by atoms with E-state index in [0.29, 0.717) is 24.4 Å². The summed E-state index contributed by atoms with van der Waals surface area (Å²) >= 11 is 0. The van der Waals surface area contributed by atoms with Gasteiger partial charge < -0.3 is 13.9 Å². The fourth-order valence-corrected chi connectivity index (χ4v) is 3.36. The number of aromatic nitrogens is 1. The van der Waals surface area contributed by atoms with Crippen molar-refractivity contribution in [3.8, 4) is 5.95 Å². The lowest BCUT2D eigenvalue weighted by Crippen LogP contribution is -2.06. The molecule has 0 bridgehead atoms. The van der Waals surface area contributed by atoms with E-state index in [1.54, 1.807) is 6.92 Å². The van der Waals surface area contributed by atoms with E-state index in [9.17, 15) is 4.79 Å². The maximum absolute atomic E-state index is 12.7. The van der Waals surface area contributed by atoms with Gasteiger partial charge >= 0.3 is 11.9 Å². The first-order chi connectivity index (χ1) is 13.2. The maximum atomic E-state index is 12.7. The Balaban J connectivity index is 2.20. The van der Waals surface area contributed by atoms with Crippen LogP contribution in [0.4, 0.5) is 0 Å². The average Bonchev–Trinajstić information content (AvgIpc) is 3.05. The van der Waals surface area contributed by atoms with Crippen molar-refractivity contribution in [3.63, 3.8) is 0 Å². The summed E-state index contributed by atoms with van der Waals surface area (Å²) in [7, 11) is 0. The second-order valence-electron chi connectivity index (χ2n) is 6.51. The van der Waals surface area contributed by atoms with Gasteiger partial charge in [-0.05, 0) is 32.8 Å². The second-order valence-corrected chi connectivity index (χ2v) is 6.51. The van der Waals surface area contributed by atoms with Crippen molar-refractivity contribution < 1.29 is 18.7 Å². The SMILES string of the molecule is CCCCCCc1nc2ccccc2c2c(C(=O)OCC)c(OCC)oc12. The third-order valence-corrected chi connectivity index (χ3v) is 4.59. The second kappa shape index (κ2) is 8.89. The van der Waals surface area contributed by atoms with E-state index < -0.39 is 5.97 Å². The first-order valence-corrected chi connectivity index (χ1v) is 9.85. The van der Waals surface area contributed by atoms with Crippen LogP contribution in [0.15, 0.2) is 28.7 Å². The van der Waals surface area contributed by atoms with Gasteiger partial charge in [0.2, 0.25) is 0 Å². The number of carbonyl (C=O) groups is 1. The van der Waals surface area contributed by atoms with Crippen LogP contribution < -0.4 is 4.74 Å². The van der Waals surface area contributed by atoms with E-state index >= 15 is 0 Å². The average molecular weight is 369 g/mol. The first-order valence-electron chi connectivity index (χ1n) is 9.85. The van der Waals surface area contributed by atoms with Crippen molar-refractivity contribution >= 4 is 27.8 Å². The molecule has 5 nitrogen and oxygen atoms in total. The minimum Gasteiger partial charge on any atom is -0.465 e. The van der Waals surface area contributed by atoms with Gasteiger partial charge in [-0.15, -0.1) is 0 Å². The Bertz CT molecular complexity index is 929. The molecule has 0 aliphatic heterocycles. The van der Waals surface area contributed by atoms with Gasteiger partial charge in [-0.25, -0.2) is 9.78 Å². The number of aryl methyl sites for hydroxylation is 1. The monoisotopic (exact) mass is 369 g/mol. The number of pyridine rings is 1. The smallest absolute Gasteiger partial charge is 0.346 e. The zero-order valence-electron chi connectivity index (χ0n) is 16.3. The van der Waals surface area contributed by atoms with Gasteiger partial charge in [0, 0.05) is 5.39 Å². The quantitative estimate of drug-likeness (QED) is 0.359. The Morgan fingerprint density at radius 1 is 1.07 bits per heavy atom. The Labute approximate surface area is 159 Å². The number of unbranched alkanes of at least 4 members (excludes halogenated alkanes) is 3. The summed E-state index contributed by atoms with van der Waals surface area (Å²) in [6.45, 7) is 6.55. The topological polar surface area (TPSA) is 61.6 Å². The molecule has 2 heterocycles. The fraction of sp³-hybridized carbons (Fsp3) is 0.455. The lowest BCUT2D eigenvalue weighted by Gasteiger charge is -2.06. The molecule has 5 heteroatoms. The van der Waals surface area contributed by atoms with E-state index in [1.807, 2.05) is 31.2 Å². The van der Waals surface area contributed by atoms with Crippen LogP contribution in [0, 0.1) is 0 Å². The number of benzene rings is 1. The summed E-state index contributed by atoms with van der Waals surface area (Å²) in [5, 5.41) is 1.62. The highest BCUT2D eigenvalue weighted by Gasteiger charge is 2.27. The normalized spacial score (nSPS) is 11.2. The molecule has 144 valence electrons. The Morgan fingerprint density at radius 2 is 1.89 bits per heavy atom. The molecule has 0 atom stereocenters. The van der Waals surface area contributed by atoms with Crippen LogP contribution in [0.2, 0.25) is 0 Å². The number of hydrogen-bond donors (Lipinski definition) is 0. The predicted molar refractivity (Wildman–Crippen MR) is 106 cm³/mol.